The van der Waals surface area contributed by atoms with Gasteiger partial charge in [-0.15, -0.1) is 0 Å². The number of rotatable bonds is 9. The van der Waals surface area contributed by atoms with Gasteiger partial charge in [-0.3, -0.25) is 0 Å². The Morgan fingerprint density at radius 2 is 1.19 bits per heavy atom. The van der Waals surface area contributed by atoms with Gasteiger partial charge in [0.1, 0.15) is 0 Å². The van der Waals surface area contributed by atoms with Crippen LogP contribution in [-0.2, 0) is 8.85 Å². The average Bonchev–Trinajstić information content (AvgIpc) is 2.12. The molecule has 16 heavy (non-hydrogen) atoms. The van der Waals surface area contributed by atoms with E-state index >= 15 is 0 Å². The predicted octanol–water partition coefficient (Wildman–Crippen LogP) is 4.25. The fourth-order valence-corrected chi connectivity index (χ4v) is 5.69. The van der Waals surface area contributed by atoms with Crippen LogP contribution in [-0.4, -0.2) is 29.8 Å². The molecule has 4 heteroatoms. The van der Waals surface area contributed by atoms with Crippen LogP contribution in [0.1, 0.15) is 26.7 Å². The van der Waals surface area contributed by atoms with Gasteiger partial charge in [0.2, 0.25) is 0 Å². The van der Waals surface area contributed by atoms with Crippen LogP contribution >= 0.6 is 0 Å². The van der Waals surface area contributed by atoms with Gasteiger partial charge in [-0.25, -0.2) is 0 Å². The van der Waals surface area contributed by atoms with E-state index in [0.717, 1.165) is 19.3 Å². The minimum atomic E-state index is -1.83. The Hall–Kier alpha value is 0.354. The first-order valence-corrected chi connectivity index (χ1v) is 12.8. The zero-order valence-electron chi connectivity index (χ0n) is 12.1. The normalized spacial score (nSPS) is 13.1. The Balaban J connectivity index is 3.84. The predicted molar refractivity (Wildman–Crippen MR) is 77.1 cm³/mol. The molecule has 0 unspecified atom stereocenters. The quantitative estimate of drug-likeness (QED) is 0.457. The van der Waals surface area contributed by atoms with Crippen molar-refractivity contribution in [3.05, 3.63) is 0 Å². The van der Waals surface area contributed by atoms with Gasteiger partial charge in [0.25, 0.3) is 0 Å². The molecular formula is C12H30O2Si2. The van der Waals surface area contributed by atoms with Crippen LogP contribution in [0, 0.1) is 0 Å². The van der Waals surface area contributed by atoms with Gasteiger partial charge < -0.3 is 8.85 Å². The van der Waals surface area contributed by atoms with Crippen LogP contribution in [0.15, 0.2) is 0 Å². The van der Waals surface area contributed by atoms with Crippen molar-refractivity contribution in [2.24, 2.45) is 0 Å². The first-order valence-electron chi connectivity index (χ1n) is 6.61. The third-order valence-electron chi connectivity index (χ3n) is 2.71. The van der Waals surface area contributed by atoms with E-state index < -0.39 is 16.6 Å². The zero-order chi connectivity index (χ0) is 12.7. The summed E-state index contributed by atoms with van der Waals surface area (Å²) >= 11 is 0. The van der Waals surface area contributed by atoms with Crippen LogP contribution < -0.4 is 0 Å². The molecule has 2 nitrogen and oxygen atoms in total. The van der Waals surface area contributed by atoms with E-state index in [1.54, 1.807) is 0 Å². The first kappa shape index (κ1) is 16.4. The molecular weight excluding hydrogens is 232 g/mol. The Kier molecular flexibility index (Phi) is 7.80. The third kappa shape index (κ3) is 8.50. The molecule has 0 heterocycles. The lowest BCUT2D eigenvalue weighted by Gasteiger charge is -2.26. The largest absolute Gasteiger partial charge is 0.395 e. The maximum absolute atomic E-state index is 5.83. The maximum atomic E-state index is 5.83. The Bertz CT molecular complexity index is 172. The van der Waals surface area contributed by atoms with Crippen molar-refractivity contribution >= 4 is 16.6 Å². The van der Waals surface area contributed by atoms with Gasteiger partial charge in [-0.05, 0) is 26.4 Å². The lowest BCUT2D eigenvalue weighted by Crippen LogP contribution is -2.38. The standard InChI is InChI=1S/C12H30O2Si2/c1-7-13-16(6,14-8-2)12-10-9-11-15(3,4)5/h7-12H2,1-6H3. The first-order chi connectivity index (χ1) is 7.33. The van der Waals surface area contributed by atoms with E-state index in [-0.39, 0.29) is 0 Å². The minimum Gasteiger partial charge on any atom is -0.395 e. The highest BCUT2D eigenvalue weighted by Crippen LogP contribution is 2.20. The number of unbranched alkanes of at least 4 members (excludes halogenated alkanes) is 1. The highest BCUT2D eigenvalue weighted by molar-refractivity contribution is 6.76. The van der Waals surface area contributed by atoms with Crippen LogP contribution in [0.5, 0.6) is 0 Å². The monoisotopic (exact) mass is 262 g/mol. The summed E-state index contributed by atoms with van der Waals surface area (Å²) in [6.45, 7) is 15.2. The molecule has 0 rings (SSSR count). The zero-order valence-corrected chi connectivity index (χ0v) is 14.1. The van der Waals surface area contributed by atoms with Gasteiger partial charge in [0.15, 0.2) is 0 Å². The van der Waals surface area contributed by atoms with E-state index in [2.05, 4.69) is 40.0 Å². The smallest absolute Gasteiger partial charge is 0.334 e. The number of hydrogen-bond donors (Lipinski definition) is 0. The summed E-state index contributed by atoms with van der Waals surface area (Å²) < 4.78 is 11.7. The van der Waals surface area contributed by atoms with Crippen molar-refractivity contribution in [1.29, 1.82) is 0 Å². The Morgan fingerprint density at radius 1 is 0.750 bits per heavy atom. The van der Waals surface area contributed by atoms with Crippen LogP contribution in [0.25, 0.3) is 0 Å². The molecule has 0 saturated heterocycles. The second-order valence-corrected chi connectivity index (χ2v) is 14.7. The van der Waals surface area contributed by atoms with Crippen molar-refractivity contribution in [2.75, 3.05) is 13.2 Å². The minimum absolute atomic E-state index is 0.788. The number of hydrogen-bond acceptors (Lipinski definition) is 2. The van der Waals surface area contributed by atoms with E-state index in [1.807, 2.05) is 0 Å². The second-order valence-electron chi connectivity index (χ2n) is 5.77. The molecule has 0 aromatic rings. The van der Waals surface area contributed by atoms with E-state index in [9.17, 15) is 0 Å². The summed E-state index contributed by atoms with van der Waals surface area (Å²) in [5.74, 6) is 0. The molecule has 0 aliphatic heterocycles. The molecule has 0 N–H and O–H groups in total. The average molecular weight is 263 g/mol. The maximum Gasteiger partial charge on any atom is 0.334 e. The van der Waals surface area contributed by atoms with Crippen molar-refractivity contribution in [2.45, 2.75) is 65.0 Å². The fourth-order valence-electron chi connectivity index (χ4n) is 1.90. The molecule has 0 aliphatic rings. The summed E-state index contributed by atoms with van der Waals surface area (Å²) in [7, 11) is -2.69. The molecule has 0 aliphatic carbocycles. The van der Waals surface area contributed by atoms with Crippen molar-refractivity contribution in [3.8, 4) is 0 Å². The molecule has 0 atom stereocenters. The molecule has 0 spiro atoms. The highest BCUT2D eigenvalue weighted by Gasteiger charge is 2.29. The van der Waals surface area contributed by atoms with Gasteiger partial charge in [-0.2, -0.15) is 0 Å². The van der Waals surface area contributed by atoms with Crippen molar-refractivity contribution in [3.63, 3.8) is 0 Å². The lowest BCUT2D eigenvalue weighted by atomic mass is 10.4. The molecule has 98 valence electrons. The molecule has 0 fully saturated rings. The summed E-state index contributed by atoms with van der Waals surface area (Å²) in [6, 6.07) is 2.58. The topological polar surface area (TPSA) is 18.5 Å². The fraction of sp³-hybridized carbons (Fsp3) is 1.00. The summed E-state index contributed by atoms with van der Waals surface area (Å²) in [5, 5.41) is 0. The third-order valence-corrected chi connectivity index (χ3v) is 7.62. The Labute approximate surface area is 104 Å². The molecule has 0 amide bonds. The van der Waals surface area contributed by atoms with Gasteiger partial charge >= 0.3 is 8.56 Å². The summed E-state index contributed by atoms with van der Waals surface area (Å²) in [5.41, 5.74) is 0. The van der Waals surface area contributed by atoms with Gasteiger partial charge in [0, 0.05) is 21.3 Å². The van der Waals surface area contributed by atoms with Crippen molar-refractivity contribution in [1.82, 2.24) is 0 Å². The van der Waals surface area contributed by atoms with Crippen LogP contribution in [0.2, 0.25) is 38.3 Å². The second kappa shape index (κ2) is 7.64. The molecule has 0 aromatic heterocycles. The Morgan fingerprint density at radius 3 is 1.56 bits per heavy atom. The van der Waals surface area contributed by atoms with Crippen LogP contribution in [0.4, 0.5) is 0 Å². The van der Waals surface area contributed by atoms with Crippen LogP contribution in [0.3, 0.4) is 0 Å². The van der Waals surface area contributed by atoms with E-state index in [1.165, 1.54) is 18.9 Å². The van der Waals surface area contributed by atoms with Gasteiger partial charge in [0.05, 0.1) is 0 Å². The molecule has 0 radical (unpaired) electrons. The highest BCUT2D eigenvalue weighted by atomic mass is 28.4. The summed E-state index contributed by atoms with van der Waals surface area (Å²) in [6.07, 6.45) is 2.62. The van der Waals surface area contributed by atoms with Gasteiger partial charge in [-0.1, -0.05) is 38.5 Å². The van der Waals surface area contributed by atoms with Crippen molar-refractivity contribution < 1.29 is 8.85 Å². The molecule has 0 saturated carbocycles. The lowest BCUT2D eigenvalue weighted by molar-refractivity contribution is 0.188. The molecule has 0 aromatic carbocycles. The summed E-state index contributed by atoms with van der Waals surface area (Å²) in [4.78, 5) is 0. The SMILES string of the molecule is CCO[Si](C)(CCCC[Si](C)(C)C)OCC. The molecule has 0 bridgehead atoms. The van der Waals surface area contributed by atoms with E-state index in [4.69, 9.17) is 8.85 Å². The van der Waals surface area contributed by atoms with E-state index in [0.29, 0.717) is 0 Å².